The molecule has 4 aromatic rings. The van der Waals surface area contributed by atoms with E-state index in [1.54, 1.807) is 0 Å². The fraction of sp³-hybridized carbons (Fsp3) is 0.250. The van der Waals surface area contributed by atoms with Crippen LogP contribution in [-0.2, 0) is 6.42 Å². The van der Waals surface area contributed by atoms with Crippen LogP contribution in [0.5, 0.6) is 0 Å². The number of rotatable bonds is 1. The molecule has 29 heavy (non-hydrogen) atoms. The smallest absolute Gasteiger partial charge is 0.0792 e. The molecule has 1 aliphatic carbocycles. The van der Waals surface area contributed by atoms with Crippen LogP contribution >= 0.6 is 0 Å². The zero-order chi connectivity index (χ0) is 20.3. The van der Waals surface area contributed by atoms with Crippen molar-refractivity contribution in [3.8, 4) is 33.5 Å². The average Bonchev–Trinajstić information content (AvgIpc) is 2.75. The summed E-state index contributed by atoms with van der Waals surface area (Å²) in [7, 11) is 0. The Kier molecular flexibility index (Phi) is 3.93. The van der Waals surface area contributed by atoms with Gasteiger partial charge in [-0.2, -0.15) is 0 Å². The Hall–Kier alpha value is -2.93. The van der Waals surface area contributed by atoms with Crippen LogP contribution in [0.3, 0.4) is 0 Å². The molecule has 1 aromatic heterocycles. The van der Waals surface area contributed by atoms with Gasteiger partial charge in [0.1, 0.15) is 0 Å². The average molecular weight is 378 g/mol. The summed E-state index contributed by atoms with van der Waals surface area (Å²) in [6.07, 6.45) is 3.02. The van der Waals surface area contributed by atoms with Crippen molar-refractivity contribution in [2.24, 2.45) is 5.41 Å². The molecule has 5 rings (SSSR count). The van der Waals surface area contributed by atoms with Crippen molar-refractivity contribution in [1.29, 1.82) is 0 Å². The third-order valence-electron chi connectivity index (χ3n) is 5.84. The zero-order valence-electron chi connectivity index (χ0n) is 17.9. The molecular formula is C28H27N. The quantitative estimate of drug-likeness (QED) is 0.291. The molecule has 0 saturated carbocycles. The highest BCUT2D eigenvalue weighted by Gasteiger charge is 2.23. The first-order chi connectivity index (χ1) is 13.8. The number of nitrogens with zero attached hydrogens (tertiary/aromatic N) is 1. The Morgan fingerprint density at radius 3 is 2.03 bits per heavy atom. The molecule has 1 heterocycles. The topological polar surface area (TPSA) is 12.9 Å². The van der Waals surface area contributed by atoms with Crippen LogP contribution in [0.1, 0.15) is 37.5 Å². The molecule has 0 saturated heterocycles. The summed E-state index contributed by atoms with van der Waals surface area (Å²) >= 11 is 0. The number of hydrogen-bond donors (Lipinski definition) is 0. The van der Waals surface area contributed by atoms with E-state index in [1.165, 1.54) is 55.3 Å². The van der Waals surface area contributed by atoms with Crippen molar-refractivity contribution in [2.45, 2.75) is 41.0 Å². The molecule has 0 N–H and O–H groups in total. The highest BCUT2D eigenvalue weighted by atomic mass is 14.7. The van der Waals surface area contributed by atoms with Crippen molar-refractivity contribution in [3.63, 3.8) is 0 Å². The van der Waals surface area contributed by atoms with Crippen molar-refractivity contribution < 1.29 is 0 Å². The number of fused-ring (bicyclic) bond motifs is 5. The largest absolute Gasteiger partial charge is 0.256 e. The third kappa shape index (κ3) is 3.06. The van der Waals surface area contributed by atoms with E-state index in [1.807, 2.05) is 6.20 Å². The molecule has 0 spiro atoms. The molecule has 3 aromatic carbocycles. The minimum Gasteiger partial charge on any atom is -0.256 e. The Bertz CT molecular complexity index is 1270. The van der Waals surface area contributed by atoms with Gasteiger partial charge in [-0.3, -0.25) is 4.98 Å². The fourth-order valence-electron chi connectivity index (χ4n) is 4.71. The summed E-state index contributed by atoms with van der Waals surface area (Å²) in [4.78, 5) is 4.88. The number of benzene rings is 3. The molecule has 0 radical (unpaired) electrons. The van der Waals surface area contributed by atoms with Crippen LogP contribution in [0.25, 0.3) is 44.3 Å². The van der Waals surface area contributed by atoms with Crippen LogP contribution < -0.4 is 0 Å². The summed E-state index contributed by atoms with van der Waals surface area (Å²) in [6.45, 7) is 11.3. The van der Waals surface area contributed by atoms with E-state index in [0.29, 0.717) is 0 Å². The number of pyridine rings is 1. The monoisotopic (exact) mass is 377 g/mol. The van der Waals surface area contributed by atoms with Gasteiger partial charge in [0, 0.05) is 17.1 Å². The normalized spacial score (nSPS) is 12.4. The molecule has 1 nitrogen and oxygen atoms in total. The van der Waals surface area contributed by atoms with Crippen molar-refractivity contribution in [2.75, 3.05) is 0 Å². The van der Waals surface area contributed by atoms with E-state index in [2.05, 4.69) is 89.2 Å². The van der Waals surface area contributed by atoms with Gasteiger partial charge in [0.2, 0.25) is 0 Å². The fourth-order valence-corrected chi connectivity index (χ4v) is 4.71. The lowest BCUT2D eigenvalue weighted by atomic mass is 9.85. The maximum atomic E-state index is 4.88. The SMILES string of the molecule is Cc1ccc2c(c1)-c1cc(C)ccc1-c1nccc3cc(CC(C)(C)C)cc-2c13. The summed E-state index contributed by atoms with van der Waals surface area (Å²) in [5, 5.41) is 2.56. The van der Waals surface area contributed by atoms with E-state index < -0.39 is 0 Å². The van der Waals surface area contributed by atoms with Gasteiger partial charge in [-0.25, -0.2) is 0 Å². The van der Waals surface area contributed by atoms with Crippen molar-refractivity contribution in [1.82, 2.24) is 4.98 Å². The first-order valence-electron chi connectivity index (χ1n) is 10.4. The van der Waals surface area contributed by atoms with Gasteiger partial charge in [0.15, 0.2) is 0 Å². The molecular weight excluding hydrogens is 350 g/mol. The van der Waals surface area contributed by atoms with Crippen molar-refractivity contribution >= 4 is 10.8 Å². The summed E-state index contributed by atoms with van der Waals surface area (Å²) in [5.41, 5.74) is 11.8. The molecule has 1 heteroatoms. The Labute approximate surface area is 173 Å². The lowest BCUT2D eigenvalue weighted by Gasteiger charge is -2.20. The number of aryl methyl sites for hydroxylation is 2. The summed E-state index contributed by atoms with van der Waals surface area (Å²) in [6, 6.07) is 20.6. The van der Waals surface area contributed by atoms with E-state index in [0.717, 1.165) is 12.1 Å². The number of hydrogen-bond acceptors (Lipinski definition) is 1. The van der Waals surface area contributed by atoms with Crippen LogP contribution in [0, 0.1) is 19.3 Å². The van der Waals surface area contributed by atoms with E-state index in [4.69, 9.17) is 4.98 Å². The predicted molar refractivity (Wildman–Crippen MR) is 124 cm³/mol. The molecule has 0 fully saturated rings. The lowest BCUT2D eigenvalue weighted by molar-refractivity contribution is 0.411. The minimum atomic E-state index is 0.247. The standard InChI is InChI=1S/C28H27N/c1-17-6-8-21-23(12-17)24-13-18(2)7-9-22(24)27-26-20(10-11-29-27)14-19(15-25(21)26)16-28(3,4)5/h6-15H,16H2,1-5H3. The van der Waals surface area contributed by atoms with E-state index in [-0.39, 0.29) is 5.41 Å². The van der Waals surface area contributed by atoms with Gasteiger partial charge in [0.05, 0.1) is 5.69 Å². The molecule has 1 aliphatic rings. The second kappa shape index (κ2) is 6.29. The molecule has 0 aliphatic heterocycles. The zero-order valence-corrected chi connectivity index (χ0v) is 17.9. The maximum absolute atomic E-state index is 4.88. The van der Waals surface area contributed by atoms with Crippen LogP contribution in [0.15, 0.2) is 60.8 Å². The Balaban J connectivity index is 1.94. The van der Waals surface area contributed by atoms with Crippen LogP contribution in [0.4, 0.5) is 0 Å². The summed E-state index contributed by atoms with van der Waals surface area (Å²) < 4.78 is 0. The number of aromatic nitrogens is 1. The van der Waals surface area contributed by atoms with Gasteiger partial charge in [-0.1, -0.05) is 80.4 Å². The maximum Gasteiger partial charge on any atom is 0.0792 e. The van der Waals surface area contributed by atoms with E-state index >= 15 is 0 Å². The predicted octanol–water partition coefficient (Wildman–Crippen LogP) is 7.75. The molecule has 0 atom stereocenters. The second-order valence-corrected chi connectivity index (χ2v) is 9.74. The Morgan fingerprint density at radius 2 is 1.34 bits per heavy atom. The first-order valence-corrected chi connectivity index (χ1v) is 10.4. The highest BCUT2D eigenvalue weighted by molar-refractivity contribution is 6.12. The van der Waals surface area contributed by atoms with Gasteiger partial charge in [-0.15, -0.1) is 0 Å². The molecule has 0 bridgehead atoms. The first kappa shape index (κ1) is 18.1. The van der Waals surface area contributed by atoms with E-state index in [9.17, 15) is 0 Å². The van der Waals surface area contributed by atoms with Crippen molar-refractivity contribution in [3.05, 3.63) is 77.5 Å². The highest BCUT2D eigenvalue weighted by Crippen LogP contribution is 2.47. The van der Waals surface area contributed by atoms with Gasteiger partial charge in [-0.05, 0) is 65.0 Å². The molecule has 144 valence electrons. The van der Waals surface area contributed by atoms with Crippen LogP contribution in [0.2, 0.25) is 0 Å². The summed E-state index contributed by atoms with van der Waals surface area (Å²) in [5.74, 6) is 0. The van der Waals surface area contributed by atoms with Crippen LogP contribution in [-0.4, -0.2) is 4.98 Å². The second-order valence-electron chi connectivity index (χ2n) is 9.74. The van der Waals surface area contributed by atoms with Gasteiger partial charge in [0.25, 0.3) is 0 Å². The van der Waals surface area contributed by atoms with Gasteiger partial charge >= 0.3 is 0 Å². The lowest BCUT2D eigenvalue weighted by Crippen LogP contribution is -2.09. The molecule has 0 amide bonds. The minimum absolute atomic E-state index is 0.247. The third-order valence-corrected chi connectivity index (χ3v) is 5.84. The Morgan fingerprint density at radius 1 is 0.690 bits per heavy atom. The molecule has 0 unspecified atom stereocenters. The van der Waals surface area contributed by atoms with Gasteiger partial charge < -0.3 is 0 Å².